The van der Waals surface area contributed by atoms with Gasteiger partial charge in [-0.3, -0.25) is 0 Å². The third-order valence-electron chi connectivity index (χ3n) is 2.64. The smallest absolute Gasteiger partial charge is 0.106 e. The molecule has 0 unspecified atom stereocenters. The Labute approximate surface area is 118 Å². The molecule has 0 saturated heterocycles. The maximum atomic E-state index is 8.00. The van der Waals surface area contributed by atoms with E-state index in [4.69, 9.17) is 15.3 Å². The lowest BCUT2D eigenvalue weighted by Crippen LogP contribution is -2.26. The molecule has 0 heterocycles. The molecule has 1 fully saturated rings. The van der Waals surface area contributed by atoms with E-state index >= 15 is 0 Å². The van der Waals surface area contributed by atoms with Crippen molar-refractivity contribution in [1.29, 1.82) is 0 Å². The van der Waals surface area contributed by atoms with Crippen LogP contribution in [0.4, 0.5) is 0 Å². The fraction of sp³-hybridized carbons (Fsp3) is 0.857. The van der Waals surface area contributed by atoms with Gasteiger partial charge in [-0.05, 0) is 33.5 Å². The van der Waals surface area contributed by atoms with Crippen molar-refractivity contribution in [2.45, 2.75) is 45.1 Å². The highest BCUT2D eigenvalue weighted by molar-refractivity contribution is 5.11. The molecule has 5 heteroatoms. The van der Waals surface area contributed by atoms with Crippen LogP contribution in [0.3, 0.4) is 0 Å². The van der Waals surface area contributed by atoms with Crippen LogP contribution >= 0.6 is 0 Å². The summed E-state index contributed by atoms with van der Waals surface area (Å²) in [4.78, 5) is 18.2. The lowest BCUT2D eigenvalue weighted by molar-refractivity contribution is -0.0987. The van der Waals surface area contributed by atoms with Crippen LogP contribution in [0.1, 0.15) is 39.0 Å². The summed E-state index contributed by atoms with van der Waals surface area (Å²) >= 11 is 0. The van der Waals surface area contributed by atoms with Gasteiger partial charge < -0.3 is 25.5 Å². The van der Waals surface area contributed by atoms with E-state index in [-0.39, 0.29) is 0 Å². The Morgan fingerprint density at radius 1 is 1.11 bits per heavy atom. The van der Waals surface area contributed by atoms with Crippen LogP contribution in [0.25, 0.3) is 0 Å². The monoisotopic (exact) mass is 275 g/mol. The number of rotatable bonds is 4. The van der Waals surface area contributed by atoms with Gasteiger partial charge in [0.25, 0.3) is 0 Å². The number of nitrogens with zero attached hydrogens (tertiary/aromatic N) is 1. The molecule has 1 aliphatic carbocycles. The van der Waals surface area contributed by atoms with Crippen molar-refractivity contribution >= 4 is 13.6 Å². The van der Waals surface area contributed by atoms with E-state index in [1.165, 1.54) is 32.1 Å². The number of carbonyl (C=O) groups is 2. The predicted molar refractivity (Wildman–Crippen MR) is 82.4 cm³/mol. The van der Waals surface area contributed by atoms with Gasteiger partial charge >= 0.3 is 0 Å². The van der Waals surface area contributed by atoms with E-state index in [0.29, 0.717) is 6.04 Å². The Bertz CT molecular complexity index is 150. The molecular formula is C14H33N3O2. The molecule has 0 spiro atoms. The number of carbonyl (C=O) groups excluding carboxylic acids is 2. The molecule has 0 atom stereocenters. The van der Waals surface area contributed by atoms with Gasteiger partial charge in [-0.25, -0.2) is 0 Å². The predicted octanol–water partition coefficient (Wildman–Crippen LogP) is 1.07. The Morgan fingerprint density at radius 3 is 1.84 bits per heavy atom. The summed E-state index contributed by atoms with van der Waals surface area (Å²) in [7, 11) is 4.16. The number of hydrogen-bond acceptors (Lipinski definition) is 5. The highest BCUT2D eigenvalue weighted by atomic mass is 16.1. The zero-order chi connectivity index (χ0) is 15.5. The lowest BCUT2D eigenvalue weighted by Gasteiger charge is -2.15. The standard InChI is InChI=1S/C6H16N2.C6H13N.2CH2O/c1-4-7-5-6-8(2)3;7-6-4-2-1-3-5-6;2*1-2/h7H,4-6H2,1-3H3;6H,1-5,7H2;2*1H2. The van der Waals surface area contributed by atoms with E-state index in [1.807, 2.05) is 13.6 Å². The quantitative estimate of drug-likeness (QED) is 0.751. The molecule has 0 aromatic carbocycles. The van der Waals surface area contributed by atoms with E-state index in [1.54, 1.807) is 0 Å². The second-order valence-corrected chi connectivity index (χ2v) is 4.55. The first kappa shape index (κ1) is 23.3. The minimum atomic E-state index is 0.536. The molecule has 1 saturated carbocycles. The van der Waals surface area contributed by atoms with Crippen LogP contribution in [0.2, 0.25) is 0 Å². The van der Waals surface area contributed by atoms with Crippen molar-refractivity contribution in [2.75, 3.05) is 33.7 Å². The fourth-order valence-electron chi connectivity index (χ4n) is 1.61. The first-order valence-electron chi connectivity index (χ1n) is 6.85. The molecule has 1 rings (SSSR count). The molecule has 3 N–H and O–H groups in total. The molecule has 0 aromatic heterocycles. The first-order valence-corrected chi connectivity index (χ1v) is 6.85. The molecule has 19 heavy (non-hydrogen) atoms. The van der Waals surface area contributed by atoms with Crippen molar-refractivity contribution < 1.29 is 9.59 Å². The van der Waals surface area contributed by atoms with Gasteiger partial charge in [-0.15, -0.1) is 0 Å². The van der Waals surface area contributed by atoms with Crippen molar-refractivity contribution in [1.82, 2.24) is 10.2 Å². The molecule has 1 aliphatic rings. The number of hydrogen-bond donors (Lipinski definition) is 2. The number of nitrogens with one attached hydrogen (secondary N) is 1. The molecule has 0 aliphatic heterocycles. The summed E-state index contributed by atoms with van der Waals surface area (Å²) < 4.78 is 0. The second kappa shape index (κ2) is 22.4. The third kappa shape index (κ3) is 26.7. The molecule has 5 nitrogen and oxygen atoms in total. The molecule has 116 valence electrons. The van der Waals surface area contributed by atoms with Crippen molar-refractivity contribution in [3.05, 3.63) is 0 Å². The zero-order valence-corrected chi connectivity index (χ0v) is 13.0. The summed E-state index contributed by atoms with van der Waals surface area (Å²) in [6.07, 6.45) is 6.66. The first-order chi connectivity index (χ1) is 9.16. The van der Waals surface area contributed by atoms with Crippen molar-refractivity contribution in [3.8, 4) is 0 Å². The van der Waals surface area contributed by atoms with Crippen LogP contribution in [0, 0.1) is 0 Å². The summed E-state index contributed by atoms with van der Waals surface area (Å²) in [6.45, 7) is 9.43. The Morgan fingerprint density at radius 2 is 1.58 bits per heavy atom. The summed E-state index contributed by atoms with van der Waals surface area (Å²) in [6, 6.07) is 0.536. The normalized spacial score (nSPS) is 14.2. The van der Waals surface area contributed by atoms with Crippen LogP contribution in [-0.4, -0.2) is 58.2 Å². The molecule has 0 aromatic rings. The average Bonchev–Trinajstić information content (AvgIpc) is 2.45. The highest BCUT2D eigenvalue weighted by Gasteiger charge is 2.06. The second-order valence-electron chi connectivity index (χ2n) is 4.55. The Balaban J connectivity index is -0.000000214. The van der Waals surface area contributed by atoms with E-state index < -0.39 is 0 Å². The van der Waals surface area contributed by atoms with E-state index in [2.05, 4.69) is 31.2 Å². The summed E-state index contributed by atoms with van der Waals surface area (Å²) in [5.74, 6) is 0. The van der Waals surface area contributed by atoms with Gasteiger partial charge in [-0.2, -0.15) is 0 Å². The van der Waals surface area contributed by atoms with Gasteiger partial charge in [0.1, 0.15) is 13.6 Å². The van der Waals surface area contributed by atoms with Crippen molar-refractivity contribution in [3.63, 3.8) is 0 Å². The van der Waals surface area contributed by atoms with E-state index in [9.17, 15) is 0 Å². The van der Waals surface area contributed by atoms with Crippen LogP contribution < -0.4 is 11.1 Å². The van der Waals surface area contributed by atoms with Crippen molar-refractivity contribution in [2.24, 2.45) is 5.73 Å². The molecule has 0 amide bonds. The number of nitrogens with two attached hydrogens (primary N) is 1. The third-order valence-corrected chi connectivity index (χ3v) is 2.64. The fourth-order valence-corrected chi connectivity index (χ4v) is 1.61. The topological polar surface area (TPSA) is 75.4 Å². The largest absolute Gasteiger partial charge is 0.328 e. The maximum absolute atomic E-state index is 8.00. The van der Waals surface area contributed by atoms with Crippen LogP contribution in [0.5, 0.6) is 0 Å². The Kier molecular flexibility index (Phi) is 27.5. The SMILES string of the molecule is C=O.C=O.CCNCCN(C)C.NC1CCCCC1. The summed E-state index contributed by atoms with van der Waals surface area (Å²) in [5.41, 5.74) is 5.63. The molecule has 0 bridgehead atoms. The van der Waals surface area contributed by atoms with Crippen LogP contribution in [0.15, 0.2) is 0 Å². The lowest BCUT2D eigenvalue weighted by atomic mass is 9.97. The zero-order valence-electron chi connectivity index (χ0n) is 13.0. The minimum absolute atomic E-state index is 0.536. The summed E-state index contributed by atoms with van der Waals surface area (Å²) in [5, 5.41) is 3.24. The number of likely N-dealkylation sites (N-methyl/N-ethyl adjacent to an activating group) is 2. The maximum Gasteiger partial charge on any atom is 0.106 e. The highest BCUT2D eigenvalue weighted by Crippen LogP contribution is 2.14. The van der Waals surface area contributed by atoms with Gasteiger partial charge in [0.05, 0.1) is 0 Å². The average molecular weight is 275 g/mol. The Hall–Kier alpha value is -0.780. The van der Waals surface area contributed by atoms with Gasteiger partial charge in [0, 0.05) is 19.1 Å². The van der Waals surface area contributed by atoms with Gasteiger partial charge in [0.15, 0.2) is 0 Å². The molecule has 0 radical (unpaired) electrons. The van der Waals surface area contributed by atoms with Gasteiger partial charge in [0.2, 0.25) is 0 Å². The van der Waals surface area contributed by atoms with Gasteiger partial charge in [-0.1, -0.05) is 26.2 Å². The minimum Gasteiger partial charge on any atom is -0.328 e. The molecular weight excluding hydrogens is 242 g/mol. The van der Waals surface area contributed by atoms with Crippen LogP contribution in [-0.2, 0) is 9.59 Å². The van der Waals surface area contributed by atoms with E-state index in [0.717, 1.165) is 19.6 Å².